The third-order valence-electron chi connectivity index (χ3n) is 8.33. The Kier molecular flexibility index (Phi) is 14.7. The second-order valence-electron chi connectivity index (χ2n) is 14.1. The fourth-order valence-electron chi connectivity index (χ4n) is 6.07. The van der Waals surface area contributed by atoms with Crippen LogP contribution in [-0.4, -0.2) is 66.5 Å². The highest BCUT2D eigenvalue weighted by Crippen LogP contribution is 2.33. The first-order valence-electron chi connectivity index (χ1n) is 16.5. The van der Waals surface area contributed by atoms with Crippen molar-refractivity contribution in [2.45, 2.75) is 154 Å². The number of esters is 1. The summed E-state index contributed by atoms with van der Waals surface area (Å²) in [7, 11) is 1.74. The van der Waals surface area contributed by atoms with Gasteiger partial charge in [0, 0.05) is 26.4 Å². The second kappa shape index (κ2) is 17.6. The Morgan fingerprint density at radius 1 is 1.02 bits per heavy atom. The van der Waals surface area contributed by atoms with Gasteiger partial charge < -0.3 is 28.8 Å². The van der Waals surface area contributed by atoms with E-state index in [0.29, 0.717) is 37.7 Å². The van der Waals surface area contributed by atoms with E-state index in [9.17, 15) is 9.90 Å². The number of aliphatic hydroxyl groups excluding tert-OH is 1. The number of benzene rings is 1. The molecule has 0 aromatic heterocycles. The number of rotatable bonds is 15. The summed E-state index contributed by atoms with van der Waals surface area (Å²) >= 11 is 0. The Morgan fingerprint density at radius 2 is 1.74 bits per heavy atom. The van der Waals surface area contributed by atoms with Crippen LogP contribution < -0.4 is 0 Å². The molecule has 1 aromatic carbocycles. The standard InChI is InChI=1S/C36H58O7/c1-25(2)12-11-15-29(40-24-27-13-9-8-10-14-27)20-30-17-16-26(3)34(42-30)22-31(39-7)21-32-18-28(37)19-33(41-32)23-35(38)43-36(4,5)6/h8-11,13-15,25-26,28-34,37H,12,16-24H2,1-7H3/b15-11+/t26-,28+,29-,30-,31-,32-,33+,34+/m0/s1. The molecular weight excluding hydrogens is 544 g/mol. The first-order valence-corrected chi connectivity index (χ1v) is 16.5. The van der Waals surface area contributed by atoms with Crippen LogP contribution in [0.3, 0.4) is 0 Å². The summed E-state index contributed by atoms with van der Waals surface area (Å²) in [6.45, 7) is 12.9. The molecule has 0 radical (unpaired) electrons. The summed E-state index contributed by atoms with van der Waals surface area (Å²) in [5.41, 5.74) is 0.629. The van der Waals surface area contributed by atoms with Gasteiger partial charge in [0.25, 0.3) is 0 Å². The Labute approximate surface area is 260 Å². The smallest absolute Gasteiger partial charge is 0.308 e. The van der Waals surface area contributed by atoms with Crippen LogP contribution in [0.5, 0.6) is 0 Å². The zero-order chi connectivity index (χ0) is 31.4. The molecule has 0 unspecified atom stereocenters. The minimum Gasteiger partial charge on any atom is -0.460 e. The van der Waals surface area contributed by atoms with Gasteiger partial charge in [0.15, 0.2) is 0 Å². The second-order valence-corrected chi connectivity index (χ2v) is 14.1. The van der Waals surface area contributed by atoms with Crippen molar-refractivity contribution in [3.63, 3.8) is 0 Å². The van der Waals surface area contributed by atoms with Gasteiger partial charge in [-0.2, -0.15) is 0 Å². The van der Waals surface area contributed by atoms with E-state index in [1.54, 1.807) is 7.11 Å². The molecule has 43 heavy (non-hydrogen) atoms. The van der Waals surface area contributed by atoms with Crippen LogP contribution in [0.4, 0.5) is 0 Å². The van der Waals surface area contributed by atoms with Crippen LogP contribution in [0.2, 0.25) is 0 Å². The predicted octanol–water partition coefficient (Wildman–Crippen LogP) is 7.18. The number of aliphatic hydroxyl groups is 1. The number of ether oxygens (including phenoxy) is 5. The lowest BCUT2D eigenvalue weighted by atomic mass is 9.87. The largest absolute Gasteiger partial charge is 0.460 e. The minimum absolute atomic E-state index is 0.00438. The minimum atomic E-state index is -0.544. The van der Waals surface area contributed by atoms with Gasteiger partial charge >= 0.3 is 5.97 Å². The number of carbonyl (C=O) groups is 1. The van der Waals surface area contributed by atoms with E-state index in [2.05, 4.69) is 45.1 Å². The van der Waals surface area contributed by atoms with Crippen LogP contribution >= 0.6 is 0 Å². The van der Waals surface area contributed by atoms with Gasteiger partial charge in [-0.1, -0.05) is 63.3 Å². The van der Waals surface area contributed by atoms with Crippen molar-refractivity contribution in [1.82, 2.24) is 0 Å². The summed E-state index contributed by atoms with van der Waals surface area (Å²) in [5.74, 6) is 0.732. The summed E-state index contributed by atoms with van der Waals surface area (Å²) in [4.78, 5) is 12.4. The van der Waals surface area contributed by atoms with Gasteiger partial charge in [-0.15, -0.1) is 0 Å². The third kappa shape index (κ3) is 13.8. The zero-order valence-corrected chi connectivity index (χ0v) is 27.7. The van der Waals surface area contributed by atoms with Gasteiger partial charge in [0.1, 0.15) is 5.60 Å². The van der Waals surface area contributed by atoms with E-state index in [1.807, 2.05) is 39.0 Å². The SMILES string of the molecule is CO[C@@H](C[C@@H]1C[C@@H](O)C[C@H](CC(=O)OC(C)(C)C)O1)C[C@H]1O[C@H](C[C@H](/C=C/CC(C)C)OCc2ccccc2)CC[C@@H]1C. The van der Waals surface area contributed by atoms with Crippen molar-refractivity contribution < 1.29 is 33.6 Å². The Morgan fingerprint density at radius 3 is 2.42 bits per heavy atom. The Bertz CT molecular complexity index is 956. The molecule has 7 heteroatoms. The van der Waals surface area contributed by atoms with Crippen LogP contribution in [0.15, 0.2) is 42.5 Å². The van der Waals surface area contributed by atoms with Crippen LogP contribution in [0, 0.1) is 11.8 Å². The maximum atomic E-state index is 12.4. The highest BCUT2D eigenvalue weighted by molar-refractivity contribution is 5.70. The molecule has 1 aromatic rings. The summed E-state index contributed by atoms with van der Waals surface area (Å²) < 4.78 is 30.8. The summed E-state index contributed by atoms with van der Waals surface area (Å²) in [6, 6.07) is 10.3. The lowest BCUT2D eigenvalue weighted by Crippen LogP contribution is -2.41. The van der Waals surface area contributed by atoms with Crippen molar-refractivity contribution >= 4 is 5.97 Å². The van der Waals surface area contributed by atoms with Crippen molar-refractivity contribution in [2.24, 2.45) is 11.8 Å². The fourth-order valence-corrected chi connectivity index (χ4v) is 6.07. The molecule has 0 saturated carbocycles. The molecule has 3 rings (SSSR count). The highest BCUT2D eigenvalue weighted by Gasteiger charge is 2.35. The quantitative estimate of drug-likeness (QED) is 0.168. The van der Waals surface area contributed by atoms with Gasteiger partial charge in [-0.3, -0.25) is 4.79 Å². The monoisotopic (exact) mass is 602 g/mol. The average Bonchev–Trinajstić information content (AvgIpc) is 2.92. The number of hydrogen-bond donors (Lipinski definition) is 1. The molecule has 7 nitrogen and oxygen atoms in total. The van der Waals surface area contributed by atoms with Crippen LogP contribution in [0.1, 0.15) is 105 Å². The Balaban J connectivity index is 1.55. The third-order valence-corrected chi connectivity index (χ3v) is 8.33. The highest BCUT2D eigenvalue weighted by atomic mass is 16.6. The number of hydrogen-bond acceptors (Lipinski definition) is 7. The zero-order valence-electron chi connectivity index (χ0n) is 27.7. The van der Waals surface area contributed by atoms with E-state index >= 15 is 0 Å². The van der Waals surface area contributed by atoms with Crippen LogP contribution in [0.25, 0.3) is 0 Å². The lowest BCUT2D eigenvalue weighted by molar-refractivity contribution is -0.165. The molecule has 2 saturated heterocycles. The number of allylic oxidation sites excluding steroid dienone is 1. The molecule has 0 bridgehead atoms. The molecule has 2 aliphatic rings. The van der Waals surface area contributed by atoms with Crippen molar-refractivity contribution in [3.8, 4) is 0 Å². The van der Waals surface area contributed by atoms with Gasteiger partial charge in [-0.25, -0.2) is 0 Å². The Hall–Kier alpha value is -1.77. The molecule has 0 aliphatic carbocycles. The maximum Gasteiger partial charge on any atom is 0.308 e. The van der Waals surface area contributed by atoms with Crippen molar-refractivity contribution in [3.05, 3.63) is 48.0 Å². The van der Waals surface area contributed by atoms with Gasteiger partial charge in [0.2, 0.25) is 0 Å². The number of carbonyl (C=O) groups excluding carboxylic acids is 1. The molecule has 0 spiro atoms. The van der Waals surface area contributed by atoms with E-state index < -0.39 is 11.7 Å². The summed E-state index contributed by atoms with van der Waals surface area (Å²) in [6.07, 6.45) is 10.1. The number of methoxy groups -OCH3 is 1. The van der Waals surface area contributed by atoms with Gasteiger partial charge in [-0.05, 0) is 70.3 Å². The molecule has 244 valence electrons. The molecule has 2 aliphatic heterocycles. The van der Waals surface area contributed by atoms with E-state index in [-0.39, 0.29) is 49.0 Å². The molecule has 0 amide bonds. The predicted molar refractivity (Wildman–Crippen MR) is 170 cm³/mol. The molecule has 1 N–H and O–H groups in total. The van der Waals surface area contributed by atoms with Gasteiger partial charge in [0.05, 0.1) is 55.8 Å². The average molecular weight is 603 g/mol. The van der Waals surface area contributed by atoms with Crippen molar-refractivity contribution in [1.29, 1.82) is 0 Å². The van der Waals surface area contributed by atoms with E-state index in [0.717, 1.165) is 32.1 Å². The molecule has 2 heterocycles. The fraction of sp³-hybridized carbons (Fsp3) is 0.750. The van der Waals surface area contributed by atoms with E-state index in [1.165, 1.54) is 5.56 Å². The lowest BCUT2D eigenvalue weighted by Gasteiger charge is -2.39. The molecule has 8 atom stereocenters. The van der Waals surface area contributed by atoms with E-state index in [4.69, 9.17) is 23.7 Å². The summed E-state index contributed by atoms with van der Waals surface area (Å²) in [5, 5.41) is 10.6. The first-order chi connectivity index (χ1) is 20.4. The van der Waals surface area contributed by atoms with Crippen molar-refractivity contribution in [2.75, 3.05) is 7.11 Å². The van der Waals surface area contributed by atoms with Crippen LogP contribution in [-0.2, 0) is 35.1 Å². The molecular formula is C36H58O7. The maximum absolute atomic E-state index is 12.4. The first kappa shape index (κ1) is 35.7. The normalized spacial score (nSPS) is 28.2. The topological polar surface area (TPSA) is 83.5 Å². The molecule has 2 fully saturated rings.